The summed E-state index contributed by atoms with van der Waals surface area (Å²) in [6.45, 7) is 5.83. The summed E-state index contributed by atoms with van der Waals surface area (Å²) < 4.78 is 120. The SMILES string of the molecule is C1CCOC1.CCCCCCOc1c(F)c(F)c(N)c(F)c1F.CCCCCCOc1c(F)c(F)c([N+](=O)[O-])c(F)c1F.CO. The Hall–Kier alpha value is -3.40. The number of nitro groups is 1. The maximum atomic E-state index is 13.4. The predicted molar refractivity (Wildman–Crippen MR) is 151 cm³/mol. The number of nitrogens with zero attached hydrogens (tertiary/aromatic N) is 1. The molecule has 1 heterocycles. The molecule has 0 amide bonds. The first kappa shape index (κ1) is 41.6. The molecule has 0 unspecified atom stereocenters. The van der Waals surface area contributed by atoms with E-state index < -0.39 is 74.3 Å². The predicted octanol–water partition coefficient (Wildman–Crippen LogP) is 8.30. The topological polar surface area (TPSA) is 117 Å². The average Bonchev–Trinajstić information content (AvgIpc) is 3.63. The molecule has 1 saturated heterocycles. The van der Waals surface area contributed by atoms with Crippen LogP contribution in [0.4, 0.5) is 46.5 Å². The minimum absolute atomic E-state index is 0.00334. The highest BCUT2D eigenvalue weighted by Gasteiger charge is 2.34. The number of aliphatic hydroxyl groups is 1. The maximum absolute atomic E-state index is 13.4. The number of hydrogen-bond acceptors (Lipinski definition) is 7. The third-order valence-electron chi connectivity index (χ3n) is 5.96. The zero-order valence-corrected chi connectivity index (χ0v) is 25.4. The molecule has 0 spiro atoms. The van der Waals surface area contributed by atoms with Crippen molar-refractivity contribution in [2.75, 3.05) is 39.3 Å². The normalized spacial score (nSPS) is 11.8. The van der Waals surface area contributed by atoms with E-state index in [0.717, 1.165) is 58.8 Å². The third kappa shape index (κ3) is 13.2. The van der Waals surface area contributed by atoms with Gasteiger partial charge in [-0.05, 0) is 25.7 Å². The molecule has 1 aliphatic heterocycles. The molecule has 0 radical (unpaired) electrons. The van der Waals surface area contributed by atoms with Gasteiger partial charge in [-0.3, -0.25) is 10.1 Å². The molecular weight excluding hydrogens is 624 g/mol. The van der Waals surface area contributed by atoms with E-state index in [1.54, 1.807) is 0 Å². The van der Waals surface area contributed by atoms with Crippen molar-refractivity contribution in [3.05, 3.63) is 56.7 Å². The number of aliphatic hydroxyl groups excluding tert-OH is 1. The minimum Gasteiger partial charge on any atom is -0.487 e. The lowest BCUT2D eigenvalue weighted by molar-refractivity contribution is -0.390. The summed E-state index contributed by atoms with van der Waals surface area (Å²) in [6.07, 6.45) is 8.89. The van der Waals surface area contributed by atoms with Crippen molar-refractivity contribution < 1.29 is 59.4 Å². The second kappa shape index (κ2) is 23.0. The molecule has 2 aromatic carbocycles. The molecule has 258 valence electrons. The van der Waals surface area contributed by atoms with Gasteiger partial charge in [0.1, 0.15) is 5.69 Å². The van der Waals surface area contributed by atoms with E-state index in [2.05, 4.69) is 4.74 Å². The molecule has 0 atom stereocenters. The molecule has 0 saturated carbocycles. The van der Waals surface area contributed by atoms with Crippen molar-refractivity contribution in [3.63, 3.8) is 0 Å². The summed E-state index contributed by atoms with van der Waals surface area (Å²) in [7, 11) is 1.00. The van der Waals surface area contributed by atoms with Gasteiger partial charge in [-0.15, -0.1) is 0 Å². The molecule has 8 nitrogen and oxygen atoms in total. The number of unbranched alkanes of at least 4 members (excludes halogenated alkanes) is 6. The van der Waals surface area contributed by atoms with Crippen LogP contribution in [-0.4, -0.2) is 43.6 Å². The number of nitrogen functional groups attached to an aromatic ring is 1. The summed E-state index contributed by atoms with van der Waals surface area (Å²) in [5.41, 5.74) is 1.82. The van der Waals surface area contributed by atoms with E-state index in [1.165, 1.54) is 12.8 Å². The van der Waals surface area contributed by atoms with E-state index in [-0.39, 0.29) is 13.2 Å². The number of hydrogen-bond donors (Lipinski definition) is 2. The molecular formula is C29H40F8N2O6. The number of ether oxygens (including phenoxy) is 3. The van der Waals surface area contributed by atoms with Crippen molar-refractivity contribution in [3.8, 4) is 11.5 Å². The molecule has 16 heteroatoms. The van der Waals surface area contributed by atoms with Gasteiger partial charge in [0, 0.05) is 20.3 Å². The highest BCUT2D eigenvalue weighted by molar-refractivity contribution is 5.47. The van der Waals surface area contributed by atoms with Crippen LogP contribution in [-0.2, 0) is 4.74 Å². The Morgan fingerprint density at radius 3 is 1.31 bits per heavy atom. The Labute approximate surface area is 256 Å². The zero-order valence-electron chi connectivity index (χ0n) is 25.4. The Bertz CT molecular complexity index is 1120. The van der Waals surface area contributed by atoms with Crippen LogP contribution in [0.5, 0.6) is 11.5 Å². The second-order valence-corrected chi connectivity index (χ2v) is 9.33. The summed E-state index contributed by atoms with van der Waals surface area (Å²) in [5.74, 6) is -16.7. The van der Waals surface area contributed by atoms with Gasteiger partial charge in [-0.2, -0.15) is 26.3 Å². The first-order valence-corrected chi connectivity index (χ1v) is 14.3. The van der Waals surface area contributed by atoms with Crippen LogP contribution < -0.4 is 15.2 Å². The number of anilines is 1. The van der Waals surface area contributed by atoms with Crippen molar-refractivity contribution in [1.29, 1.82) is 0 Å². The smallest absolute Gasteiger partial charge is 0.346 e. The fourth-order valence-corrected chi connectivity index (χ4v) is 3.56. The van der Waals surface area contributed by atoms with Crippen LogP contribution >= 0.6 is 0 Å². The van der Waals surface area contributed by atoms with E-state index >= 15 is 0 Å². The molecule has 1 fully saturated rings. The van der Waals surface area contributed by atoms with Gasteiger partial charge in [-0.25, -0.2) is 8.78 Å². The molecule has 0 aromatic heterocycles. The first-order chi connectivity index (χ1) is 21.4. The monoisotopic (exact) mass is 664 g/mol. The molecule has 3 N–H and O–H groups in total. The summed E-state index contributed by atoms with van der Waals surface area (Å²) in [5, 5.41) is 17.3. The molecule has 0 bridgehead atoms. The van der Waals surface area contributed by atoms with Crippen LogP contribution in [0.15, 0.2) is 0 Å². The Kier molecular flexibility index (Phi) is 21.3. The number of nitrogens with two attached hydrogens (primary N) is 1. The Morgan fingerprint density at radius 2 is 1.02 bits per heavy atom. The molecule has 2 aromatic rings. The van der Waals surface area contributed by atoms with Crippen LogP contribution in [0.3, 0.4) is 0 Å². The van der Waals surface area contributed by atoms with Crippen molar-refractivity contribution in [2.24, 2.45) is 0 Å². The number of nitro benzene ring substituents is 1. The summed E-state index contributed by atoms with van der Waals surface area (Å²) >= 11 is 0. The highest BCUT2D eigenvalue weighted by atomic mass is 19.2. The van der Waals surface area contributed by atoms with E-state index in [9.17, 15) is 45.2 Å². The van der Waals surface area contributed by atoms with Crippen molar-refractivity contribution >= 4 is 11.4 Å². The third-order valence-corrected chi connectivity index (χ3v) is 5.96. The first-order valence-electron chi connectivity index (χ1n) is 14.3. The van der Waals surface area contributed by atoms with Crippen LogP contribution in [0, 0.1) is 56.7 Å². The number of halogens is 8. The molecule has 45 heavy (non-hydrogen) atoms. The number of rotatable bonds is 13. The fraction of sp³-hybridized carbons (Fsp3) is 0.586. The van der Waals surface area contributed by atoms with E-state index in [1.807, 2.05) is 13.8 Å². The lowest BCUT2D eigenvalue weighted by Gasteiger charge is -2.10. The van der Waals surface area contributed by atoms with Crippen LogP contribution in [0.1, 0.15) is 78.1 Å². The average molecular weight is 665 g/mol. The molecule has 3 rings (SSSR count). The molecule has 1 aliphatic rings. The lowest BCUT2D eigenvalue weighted by atomic mass is 10.2. The van der Waals surface area contributed by atoms with Gasteiger partial charge in [0.25, 0.3) is 0 Å². The number of benzene rings is 2. The lowest BCUT2D eigenvalue weighted by Crippen LogP contribution is -2.08. The largest absolute Gasteiger partial charge is 0.487 e. The van der Waals surface area contributed by atoms with Gasteiger partial charge < -0.3 is 25.1 Å². The fourth-order valence-electron chi connectivity index (χ4n) is 3.56. The maximum Gasteiger partial charge on any atom is 0.346 e. The summed E-state index contributed by atoms with van der Waals surface area (Å²) in [6, 6.07) is 0. The second-order valence-electron chi connectivity index (χ2n) is 9.33. The van der Waals surface area contributed by atoms with Gasteiger partial charge in [-0.1, -0.05) is 52.4 Å². The van der Waals surface area contributed by atoms with Gasteiger partial charge in [0.05, 0.1) is 18.1 Å². The van der Waals surface area contributed by atoms with E-state index in [0.29, 0.717) is 12.8 Å². The Morgan fingerprint density at radius 1 is 0.667 bits per heavy atom. The summed E-state index contributed by atoms with van der Waals surface area (Å²) in [4.78, 5) is 8.82. The minimum atomic E-state index is -2.07. The van der Waals surface area contributed by atoms with Gasteiger partial charge in [0.15, 0.2) is 23.1 Å². The van der Waals surface area contributed by atoms with Crippen LogP contribution in [0.25, 0.3) is 0 Å². The molecule has 0 aliphatic carbocycles. The van der Waals surface area contributed by atoms with Crippen LogP contribution in [0.2, 0.25) is 0 Å². The zero-order chi connectivity index (χ0) is 34.5. The Balaban J connectivity index is 0.000000711. The van der Waals surface area contributed by atoms with Gasteiger partial charge >= 0.3 is 5.69 Å². The van der Waals surface area contributed by atoms with Crippen molar-refractivity contribution in [1.82, 2.24) is 0 Å². The van der Waals surface area contributed by atoms with E-state index in [4.69, 9.17) is 20.3 Å². The quantitative estimate of drug-likeness (QED) is 0.0553. The highest BCUT2D eigenvalue weighted by Crippen LogP contribution is 2.34. The standard InChI is InChI=1S/C12H13F4NO3.C12H15F4NO.C4H8O.CH4O/c1-2-3-4-5-6-20-12-9(15)7(13)11(17(18)19)8(14)10(12)16;1-2-3-4-5-6-18-12-9(15)7(13)11(17)8(14)10(12)16;1-2-4-5-3-1;1-2/h2-6H2,1H3;2-6,17H2,1H3;1-4H2;2H,1H3. The van der Waals surface area contributed by atoms with Crippen molar-refractivity contribution in [2.45, 2.75) is 78.1 Å². The van der Waals surface area contributed by atoms with Gasteiger partial charge in [0.2, 0.25) is 34.9 Å².